The summed E-state index contributed by atoms with van der Waals surface area (Å²) in [6.45, 7) is 5.75. The van der Waals surface area contributed by atoms with Crippen LogP contribution in [0.3, 0.4) is 0 Å². The van der Waals surface area contributed by atoms with Crippen LogP contribution in [0.15, 0.2) is 22.8 Å². The molecule has 26 heavy (non-hydrogen) atoms. The van der Waals surface area contributed by atoms with Crippen LogP contribution >= 0.6 is 11.8 Å². The molecule has 142 valence electrons. The van der Waals surface area contributed by atoms with Gasteiger partial charge in [0.1, 0.15) is 6.04 Å². The molecule has 0 N–H and O–H groups in total. The van der Waals surface area contributed by atoms with Crippen molar-refractivity contribution >= 4 is 29.5 Å². The number of rotatable bonds is 4. The zero-order chi connectivity index (χ0) is 18.7. The van der Waals surface area contributed by atoms with Gasteiger partial charge in [0.2, 0.25) is 11.8 Å². The summed E-state index contributed by atoms with van der Waals surface area (Å²) in [6, 6.07) is 2.85. The Bertz CT molecular complexity index is 655. The number of amides is 3. The van der Waals surface area contributed by atoms with E-state index in [-0.39, 0.29) is 28.9 Å². The van der Waals surface area contributed by atoms with E-state index in [4.69, 9.17) is 4.42 Å². The number of carbonyl (C=O) groups excluding carboxylic acids is 3. The molecule has 0 spiro atoms. The summed E-state index contributed by atoms with van der Waals surface area (Å²) in [5.74, 6) is 0.653. The molecule has 3 amide bonds. The zero-order valence-corrected chi connectivity index (χ0v) is 16.0. The Morgan fingerprint density at radius 2 is 1.88 bits per heavy atom. The normalized spacial score (nSPS) is 23.4. The first-order chi connectivity index (χ1) is 12.5. The average molecular weight is 379 g/mol. The Balaban J connectivity index is 1.73. The second-order valence-corrected chi connectivity index (χ2v) is 7.82. The van der Waals surface area contributed by atoms with Crippen LogP contribution in [0.4, 0.5) is 0 Å². The minimum absolute atomic E-state index is 0.00920. The SMILES string of the molecule is CCCC1SCC(C(=O)N2CCN(C(C)=O)CC2)N1C(=O)c1ccco1. The lowest BCUT2D eigenvalue weighted by atomic mass is 10.1. The maximum absolute atomic E-state index is 13.1. The van der Waals surface area contributed by atoms with Crippen LogP contribution in [-0.4, -0.2) is 75.8 Å². The molecule has 2 atom stereocenters. The van der Waals surface area contributed by atoms with E-state index in [1.54, 1.807) is 45.5 Å². The highest BCUT2D eigenvalue weighted by molar-refractivity contribution is 8.00. The van der Waals surface area contributed by atoms with Crippen molar-refractivity contribution in [2.75, 3.05) is 31.9 Å². The lowest BCUT2D eigenvalue weighted by Crippen LogP contribution is -2.56. The number of carbonyl (C=O) groups is 3. The zero-order valence-electron chi connectivity index (χ0n) is 15.2. The molecule has 7 nitrogen and oxygen atoms in total. The van der Waals surface area contributed by atoms with Crippen LogP contribution in [0.1, 0.15) is 37.2 Å². The van der Waals surface area contributed by atoms with E-state index < -0.39 is 6.04 Å². The molecular formula is C18H25N3O4S. The minimum atomic E-state index is -0.474. The van der Waals surface area contributed by atoms with Gasteiger partial charge in [0.25, 0.3) is 5.91 Å². The van der Waals surface area contributed by atoms with Crippen molar-refractivity contribution in [2.45, 2.75) is 38.1 Å². The van der Waals surface area contributed by atoms with E-state index >= 15 is 0 Å². The van der Waals surface area contributed by atoms with Crippen LogP contribution in [0.2, 0.25) is 0 Å². The van der Waals surface area contributed by atoms with Crippen molar-refractivity contribution in [1.29, 1.82) is 0 Å². The highest BCUT2D eigenvalue weighted by atomic mass is 32.2. The van der Waals surface area contributed by atoms with Crippen molar-refractivity contribution in [3.05, 3.63) is 24.2 Å². The molecule has 2 unspecified atom stereocenters. The van der Waals surface area contributed by atoms with Crippen LogP contribution in [0.25, 0.3) is 0 Å². The lowest BCUT2D eigenvalue weighted by molar-refractivity contribution is -0.141. The van der Waals surface area contributed by atoms with Gasteiger partial charge in [-0.2, -0.15) is 0 Å². The van der Waals surface area contributed by atoms with Crippen molar-refractivity contribution in [1.82, 2.24) is 14.7 Å². The number of hydrogen-bond donors (Lipinski definition) is 0. The van der Waals surface area contributed by atoms with Crippen molar-refractivity contribution < 1.29 is 18.8 Å². The molecule has 1 aromatic heterocycles. The van der Waals surface area contributed by atoms with Gasteiger partial charge in [-0.25, -0.2) is 0 Å². The van der Waals surface area contributed by atoms with Crippen molar-refractivity contribution in [2.24, 2.45) is 0 Å². The van der Waals surface area contributed by atoms with E-state index in [9.17, 15) is 14.4 Å². The van der Waals surface area contributed by atoms with Crippen LogP contribution < -0.4 is 0 Å². The summed E-state index contributed by atoms with van der Waals surface area (Å²) in [4.78, 5) is 42.7. The first kappa shape index (κ1) is 18.8. The Morgan fingerprint density at radius 3 is 2.46 bits per heavy atom. The fourth-order valence-corrected chi connectivity index (χ4v) is 4.99. The maximum atomic E-state index is 13.1. The van der Waals surface area contributed by atoms with Gasteiger partial charge in [0, 0.05) is 38.9 Å². The fourth-order valence-electron chi connectivity index (χ4n) is 3.48. The highest BCUT2D eigenvalue weighted by Gasteiger charge is 2.44. The number of hydrogen-bond acceptors (Lipinski definition) is 5. The molecule has 1 aromatic rings. The molecule has 3 heterocycles. The molecule has 8 heteroatoms. The van der Waals surface area contributed by atoms with Gasteiger partial charge in [-0.1, -0.05) is 13.3 Å². The van der Waals surface area contributed by atoms with Gasteiger partial charge in [0.05, 0.1) is 11.6 Å². The van der Waals surface area contributed by atoms with Crippen LogP contribution in [-0.2, 0) is 9.59 Å². The van der Waals surface area contributed by atoms with E-state index in [1.165, 1.54) is 6.26 Å². The highest BCUT2D eigenvalue weighted by Crippen LogP contribution is 2.34. The van der Waals surface area contributed by atoms with Gasteiger partial charge >= 0.3 is 0 Å². The topological polar surface area (TPSA) is 74.1 Å². The molecule has 2 saturated heterocycles. The third kappa shape index (κ3) is 3.75. The monoisotopic (exact) mass is 379 g/mol. The molecule has 0 radical (unpaired) electrons. The van der Waals surface area contributed by atoms with E-state index in [2.05, 4.69) is 6.92 Å². The number of piperazine rings is 1. The molecule has 2 fully saturated rings. The van der Waals surface area contributed by atoms with Crippen LogP contribution in [0, 0.1) is 0 Å². The molecule has 2 aliphatic rings. The minimum Gasteiger partial charge on any atom is -0.459 e. The Morgan fingerprint density at radius 1 is 1.19 bits per heavy atom. The molecule has 0 aromatic carbocycles. The fraction of sp³-hybridized carbons (Fsp3) is 0.611. The standard InChI is InChI=1S/C18H25N3O4S/c1-3-5-16-21(18(24)15-6-4-11-25-15)14(12-26-16)17(23)20-9-7-19(8-10-20)13(2)22/h4,6,11,14,16H,3,5,7-10,12H2,1-2H3. The Hall–Kier alpha value is -1.96. The maximum Gasteiger partial charge on any atom is 0.291 e. The second kappa shape index (κ2) is 8.16. The number of thioether (sulfide) groups is 1. The molecule has 0 aliphatic carbocycles. The number of furan rings is 1. The molecule has 2 aliphatic heterocycles. The Labute approximate surface area is 157 Å². The summed E-state index contributed by atoms with van der Waals surface area (Å²) in [5.41, 5.74) is 0. The van der Waals surface area contributed by atoms with E-state index in [1.807, 2.05) is 0 Å². The quantitative estimate of drug-likeness (QED) is 0.795. The van der Waals surface area contributed by atoms with E-state index in [0.29, 0.717) is 31.9 Å². The van der Waals surface area contributed by atoms with E-state index in [0.717, 1.165) is 12.8 Å². The predicted molar refractivity (Wildman–Crippen MR) is 98.7 cm³/mol. The van der Waals surface area contributed by atoms with Gasteiger partial charge in [0.15, 0.2) is 5.76 Å². The van der Waals surface area contributed by atoms with Crippen molar-refractivity contribution in [3.63, 3.8) is 0 Å². The van der Waals surface area contributed by atoms with Crippen LogP contribution in [0.5, 0.6) is 0 Å². The Kier molecular flexibility index (Phi) is 5.90. The third-order valence-corrected chi connectivity index (χ3v) is 6.27. The molecule has 0 saturated carbocycles. The third-order valence-electron chi connectivity index (χ3n) is 4.92. The van der Waals surface area contributed by atoms with Gasteiger partial charge in [-0.15, -0.1) is 11.8 Å². The second-order valence-electron chi connectivity index (χ2n) is 6.61. The van der Waals surface area contributed by atoms with Gasteiger partial charge in [-0.3, -0.25) is 14.4 Å². The first-order valence-electron chi connectivity index (χ1n) is 9.05. The van der Waals surface area contributed by atoms with Crippen molar-refractivity contribution in [3.8, 4) is 0 Å². The number of nitrogens with zero attached hydrogens (tertiary/aromatic N) is 3. The molecular weight excluding hydrogens is 354 g/mol. The summed E-state index contributed by atoms with van der Waals surface area (Å²) < 4.78 is 5.28. The first-order valence-corrected chi connectivity index (χ1v) is 10.1. The van der Waals surface area contributed by atoms with Gasteiger partial charge < -0.3 is 19.1 Å². The lowest BCUT2D eigenvalue weighted by Gasteiger charge is -2.37. The summed E-state index contributed by atoms with van der Waals surface area (Å²) in [7, 11) is 0. The van der Waals surface area contributed by atoms with Gasteiger partial charge in [-0.05, 0) is 18.6 Å². The summed E-state index contributed by atoms with van der Waals surface area (Å²) in [5, 5.41) is -0.00920. The predicted octanol–water partition coefficient (Wildman–Crippen LogP) is 1.65. The molecule has 0 bridgehead atoms. The largest absolute Gasteiger partial charge is 0.459 e. The smallest absolute Gasteiger partial charge is 0.291 e. The average Bonchev–Trinajstić information content (AvgIpc) is 3.31. The molecule has 3 rings (SSSR count). The summed E-state index contributed by atoms with van der Waals surface area (Å²) in [6.07, 6.45) is 3.26. The summed E-state index contributed by atoms with van der Waals surface area (Å²) >= 11 is 1.66.